The lowest BCUT2D eigenvalue weighted by atomic mass is 10.1. The van der Waals surface area contributed by atoms with E-state index in [4.69, 9.17) is 31.8 Å². The lowest BCUT2D eigenvalue weighted by molar-refractivity contribution is 0.306. The molecule has 7 heteroatoms. The zero-order valence-electron chi connectivity index (χ0n) is 17.9. The first-order valence-electron chi connectivity index (χ1n) is 10.1. The van der Waals surface area contributed by atoms with Gasteiger partial charge in [-0.3, -0.25) is 10.8 Å². The predicted octanol–water partition coefficient (Wildman–Crippen LogP) is 4.99. The molecule has 0 fully saturated rings. The number of hydrogen-bond donors (Lipinski definition) is 4. The molecule has 0 bridgehead atoms. The molecular formula is C26H25ClN4O2. The number of hydrogen-bond acceptors (Lipinski definition) is 4. The Morgan fingerprint density at radius 3 is 1.27 bits per heavy atom. The van der Waals surface area contributed by atoms with Gasteiger partial charge in [-0.1, -0.05) is 60.7 Å². The molecule has 0 radical (unpaired) electrons. The summed E-state index contributed by atoms with van der Waals surface area (Å²) in [7, 11) is 0. The lowest BCUT2D eigenvalue weighted by Crippen LogP contribution is -2.10. The third-order valence-corrected chi connectivity index (χ3v) is 5.12. The Hall–Kier alpha value is -4.03. The van der Waals surface area contributed by atoms with Gasteiger partial charge in [0.15, 0.2) is 0 Å². The second-order valence-electron chi connectivity index (χ2n) is 7.47. The van der Waals surface area contributed by atoms with Crippen molar-refractivity contribution in [1.82, 2.24) is 0 Å². The van der Waals surface area contributed by atoms with E-state index in [0.717, 1.165) is 33.4 Å². The van der Waals surface area contributed by atoms with Crippen LogP contribution in [0.1, 0.15) is 22.3 Å². The monoisotopic (exact) mass is 460 g/mol. The molecule has 4 rings (SSSR count). The Morgan fingerprint density at radius 2 is 0.939 bits per heavy atom. The van der Waals surface area contributed by atoms with Gasteiger partial charge in [-0.05, 0) is 46.2 Å². The minimum absolute atomic E-state index is 0. The van der Waals surface area contributed by atoms with Crippen molar-refractivity contribution in [3.63, 3.8) is 0 Å². The molecule has 4 aromatic carbocycles. The standard InChI is InChI=1S/C26H24N4O2.ClH/c27-25(28)19-5-1-17(2-6-19)15-31-23-11-9-22-14-24(12-10-21(22)13-23)32-16-18-3-7-20(8-4-18)26(29)30;/h1-14H,15-16H2,(H3,27,28)(H3,29,30);1H. The van der Waals surface area contributed by atoms with Gasteiger partial charge in [0.2, 0.25) is 0 Å². The Bertz CT molecular complexity index is 1170. The molecule has 0 unspecified atom stereocenters. The summed E-state index contributed by atoms with van der Waals surface area (Å²) in [6, 6.07) is 26.8. The van der Waals surface area contributed by atoms with Gasteiger partial charge in [-0.25, -0.2) is 0 Å². The van der Waals surface area contributed by atoms with Crippen LogP contribution in [0.15, 0.2) is 84.9 Å². The molecule has 0 aliphatic carbocycles. The molecule has 0 spiro atoms. The van der Waals surface area contributed by atoms with Crippen LogP contribution in [0.4, 0.5) is 0 Å². The normalized spacial score (nSPS) is 10.3. The molecule has 0 aromatic heterocycles. The Kier molecular flexibility index (Phi) is 7.53. The van der Waals surface area contributed by atoms with Crippen molar-refractivity contribution in [2.45, 2.75) is 13.2 Å². The van der Waals surface area contributed by atoms with Crippen LogP contribution in [-0.2, 0) is 13.2 Å². The van der Waals surface area contributed by atoms with E-state index in [0.29, 0.717) is 24.3 Å². The number of amidine groups is 2. The zero-order valence-corrected chi connectivity index (χ0v) is 18.7. The van der Waals surface area contributed by atoms with E-state index in [1.807, 2.05) is 84.9 Å². The van der Waals surface area contributed by atoms with Crippen LogP contribution < -0.4 is 20.9 Å². The van der Waals surface area contributed by atoms with Crippen LogP contribution in [0.25, 0.3) is 10.8 Å². The van der Waals surface area contributed by atoms with Gasteiger partial charge in [-0.15, -0.1) is 12.4 Å². The fourth-order valence-electron chi connectivity index (χ4n) is 3.28. The first-order valence-corrected chi connectivity index (χ1v) is 10.1. The van der Waals surface area contributed by atoms with Crippen molar-refractivity contribution in [3.05, 3.63) is 107 Å². The van der Waals surface area contributed by atoms with Crippen LogP contribution in [0.5, 0.6) is 11.5 Å². The second-order valence-corrected chi connectivity index (χ2v) is 7.47. The van der Waals surface area contributed by atoms with Gasteiger partial charge in [0.1, 0.15) is 36.4 Å². The molecule has 0 aliphatic heterocycles. The SMILES string of the molecule is Cl.N=C(N)c1ccc(COc2ccc3cc(OCc4ccc(C(=N)N)cc4)ccc3c2)cc1. The molecule has 6 N–H and O–H groups in total. The molecule has 0 aliphatic rings. The van der Waals surface area contributed by atoms with Crippen LogP contribution in [0.3, 0.4) is 0 Å². The number of halogens is 1. The van der Waals surface area contributed by atoms with Gasteiger partial charge < -0.3 is 20.9 Å². The zero-order chi connectivity index (χ0) is 22.5. The van der Waals surface area contributed by atoms with Gasteiger partial charge in [0, 0.05) is 11.1 Å². The van der Waals surface area contributed by atoms with E-state index in [-0.39, 0.29) is 24.1 Å². The van der Waals surface area contributed by atoms with Gasteiger partial charge in [0.05, 0.1) is 0 Å². The number of fused-ring (bicyclic) bond motifs is 1. The number of ether oxygens (including phenoxy) is 2. The first kappa shape index (κ1) is 23.6. The van der Waals surface area contributed by atoms with E-state index in [1.54, 1.807) is 0 Å². The minimum Gasteiger partial charge on any atom is -0.489 e. The van der Waals surface area contributed by atoms with Crippen molar-refractivity contribution in [3.8, 4) is 11.5 Å². The number of rotatable bonds is 8. The number of nitrogen functional groups attached to an aromatic ring is 2. The van der Waals surface area contributed by atoms with Crippen molar-refractivity contribution in [2.75, 3.05) is 0 Å². The van der Waals surface area contributed by atoms with Crippen molar-refractivity contribution in [2.24, 2.45) is 11.5 Å². The highest BCUT2D eigenvalue weighted by atomic mass is 35.5. The number of nitrogens with two attached hydrogens (primary N) is 2. The van der Waals surface area contributed by atoms with Crippen LogP contribution >= 0.6 is 12.4 Å². The van der Waals surface area contributed by atoms with Gasteiger partial charge in [-0.2, -0.15) is 0 Å². The Balaban J connectivity index is 0.00000306. The summed E-state index contributed by atoms with van der Waals surface area (Å²) in [5.74, 6) is 1.68. The molecule has 0 saturated carbocycles. The van der Waals surface area contributed by atoms with Crippen molar-refractivity contribution in [1.29, 1.82) is 10.8 Å². The highest BCUT2D eigenvalue weighted by molar-refractivity contribution is 5.95. The van der Waals surface area contributed by atoms with Gasteiger partial charge in [0.25, 0.3) is 0 Å². The molecule has 0 amide bonds. The van der Waals surface area contributed by atoms with E-state index < -0.39 is 0 Å². The van der Waals surface area contributed by atoms with Crippen LogP contribution in [0, 0.1) is 10.8 Å². The van der Waals surface area contributed by atoms with Crippen molar-refractivity contribution < 1.29 is 9.47 Å². The second kappa shape index (κ2) is 10.5. The van der Waals surface area contributed by atoms with Crippen LogP contribution in [-0.4, -0.2) is 11.7 Å². The molecule has 4 aromatic rings. The summed E-state index contributed by atoms with van der Waals surface area (Å²) in [6.07, 6.45) is 0. The lowest BCUT2D eigenvalue weighted by Gasteiger charge is -2.10. The van der Waals surface area contributed by atoms with Gasteiger partial charge >= 0.3 is 0 Å². The molecule has 0 saturated heterocycles. The third-order valence-electron chi connectivity index (χ3n) is 5.12. The Labute approximate surface area is 198 Å². The smallest absolute Gasteiger partial charge is 0.122 e. The van der Waals surface area contributed by atoms with E-state index in [2.05, 4.69) is 0 Å². The Morgan fingerprint density at radius 1 is 0.576 bits per heavy atom. The highest BCUT2D eigenvalue weighted by Gasteiger charge is 2.03. The minimum atomic E-state index is 0. The maximum atomic E-state index is 7.45. The highest BCUT2D eigenvalue weighted by Crippen LogP contribution is 2.26. The summed E-state index contributed by atoms with van der Waals surface area (Å²) in [6.45, 7) is 0.876. The third kappa shape index (κ3) is 6.02. The molecular weight excluding hydrogens is 436 g/mol. The number of benzene rings is 4. The summed E-state index contributed by atoms with van der Waals surface area (Å²) in [5, 5.41) is 17.0. The summed E-state index contributed by atoms with van der Waals surface area (Å²) < 4.78 is 11.8. The largest absolute Gasteiger partial charge is 0.489 e. The summed E-state index contributed by atoms with van der Waals surface area (Å²) in [5.41, 5.74) is 14.4. The summed E-state index contributed by atoms with van der Waals surface area (Å²) >= 11 is 0. The summed E-state index contributed by atoms with van der Waals surface area (Å²) in [4.78, 5) is 0. The maximum absolute atomic E-state index is 7.45. The quantitative estimate of drug-likeness (QED) is 0.219. The van der Waals surface area contributed by atoms with E-state index >= 15 is 0 Å². The predicted molar refractivity (Wildman–Crippen MR) is 135 cm³/mol. The molecule has 6 nitrogen and oxygen atoms in total. The van der Waals surface area contributed by atoms with E-state index in [1.165, 1.54) is 0 Å². The van der Waals surface area contributed by atoms with Crippen LogP contribution in [0.2, 0.25) is 0 Å². The average molecular weight is 461 g/mol. The number of nitrogens with one attached hydrogen (secondary N) is 2. The molecule has 168 valence electrons. The average Bonchev–Trinajstić information content (AvgIpc) is 2.81. The first-order chi connectivity index (χ1) is 15.5. The molecule has 0 atom stereocenters. The fraction of sp³-hybridized carbons (Fsp3) is 0.0769. The fourth-order valence-corrected chi connectivity index (χ4v) is 3.28. The van der Waals surface area contributed by atoms with Crippen molar-refractivity contribution >= 4 is 34.9 Å². The topological polar surface area (TPSA) is 118 Å². The maximum Gasteiger partial charge on any atom is 0.122 e. The molecule has 33 heavy (non-hydrogen) atoms. The molecule has 0 heterocycles. The van der Waals surface area contributed by atoms with E-state index in [9.17, 15) is 0 Å².